The molecular weight excluding hydrogens is 228 g/mol. The van der Waals surface area contributed by atoms with Gasteiger partial charge in [-0.2, -0.15) is 11.8 Å². The van der Waals surface area contributed by atoms with E-state index in [1.54, 1.807) is 0 Å². The lowest BCUT2D eigenvalue weighted by molar-refractivity contribution is 0.192. The summed E-state index contributed by atoms with van der Waals surface area (Å²) in [6.07, 6.45) is 2.20. The number of nitrogens with zero attached hydrogens (tertiary/aromatic N) is 1. The summed E-state index contributed by atoms with van der Waals surface area (Å²) in [5, 5.41) is 4.31. The number of hydrogen-bond acceptors (Lipinski definition) is 3. The Morgan fingerprint density at radius 2 is 2.18 bits per heavy atom. The zero-order valence-electron chi connectivity index (χ0n) is 10.7. The molecule has 2 rings (SSSR count). The summed E-state index contributed by atoms with van der Waals surface area (Å²) >= 11 is 1.95. The van der Waals surface area contributed by atoms with E-state index in [-0.39, 0.29) is 0 Å². The van der Waals surface area contributed by atoms with Gasteiger partial charge in [0.25, 0.3) is 0 Å². The summed E-state index contributed by atoms with van der Waals surface area (Å²) in [7, 11) is 0. The monoisotopic (exact) mass is 250 g/mol. The Morgan fingerprint density at radius 1 is 1.41 bits per heavy atom. The fourth-order valence-electron chi connectivity index (χ4n) is 2.31. The molecule has 2 nitrogen and oxygen atoms in total. The van der Waals surface area contributed by atoms with Crippen LogP contribution in [-0.4, -0.2) is 42.1 Å². The normalized spacial score (nSPS) is 23.5. The summed E-state index contributed by atoms with van der Waals surface area (Å²) in [5.74, 6) is 0. The van der Waals surface area contributed by atoms with E-state index in [9.17, 15) is 0 Å². The van der Waals surface area contributed by atoms with Crippen LogP contribution >= 0.6 is 11.8 Å². The number of hydrogen-bond donors (Lipinski definition) is 1. The van der Waals surface area contributed by atoms with Gasteiger partial charge in [-0.1, -0.05) is 37.3 Å². The molecule has 17 heavy (non-hydrogen) atoms. The molecule has 0 aromatic heterocycles. The molecule has 0 radical (unpaired) electrons. The van der Waals surface area contributed by atoms with Gasteiger partial charge < -0.3 is 5.32 Å². The average Bonchev–Trinajstić information content (AvgIpc) is 2.39. The van der Waals surface area contributed by atoms with Crippen LogP contribution in [-0.2, 0) is 6.54 Å². The van der Waals surface area contributed by atoms with Crippen LogP contribution in [0.3, 0.4) is 0 Å². The van der Waals surface area contributed by atoms with E-state index < -0.39 is 0 Å². The number of thioether (sulfide) groups is 1. The van der Waals surface area contributed by atoms with Gasteiger partial charge in [-0.3, -0.25) is 4.90 Å². The summed E-state index contributed by atoms with van der Waals surface area (Å²) in [5.41, 5.74) is 1.42. The van der Waals surface area contributed by atoms with Crippen LogP contribution in [0.25, 0.3) is 0 Å². The standard InChI is InChI=1S/C14H22N2S/c1-12(17-2)14-11-16(9-8-15-14)10-13-6-4-3-5-7-13/h3-7,12,14-15H,8-11H2,1-2H3/t12?,14-/m0/s1. The van der Waals surface area contributed by atoms with E-state index in [0.717, 1.165) is 26.2 Å². The molecule has 1 unspecified atom stereocenters. The molecule has 1 aliphatic rings. The van der Waals surface area contributed by atoms with Crippen molar-refractivity contribution in [3.05, 3.63) is 35.9 Å². The Balaban J connectivity index is 1.89. The van der Waals surface area contributed by atoms with Crippen LogP contribution in [0.2, 0.25) is 0 Å². The number of nitrogens with one attached hydrogen (secondary N) is 1. The molecular formula is C14H22N2S. The Bertz CT molecular complexity index is 328. The van der Waals surface area contributed by atoms with Crippen molar-refractivity contribution in [2.75, 3.05) is 25.9 Å². The maximum absolute atomic E-state index is 3.62. The van der Waals surface area contributed by atoms with Crippen LogP contribution in [0.5, 0.6) is 0 Å². The second-order valence-electron chi connectivity index (χ2n) is 4.72. The maximum atomic E-state index is 3.62. The summed E-state index contributed by atoms with van der Waals surface area (Å²) in [6.45, 7) is 6.83. The molecule has 1 N–H and O–H groups in total. The Kier molecular flexibility index (Phi) is 4.89. The van der Waals surface area contributed by atoms with Crippen LogP contribution < -0.4 is 5.32 Å². The van der Waals surface area contributed by atoms with E-state index in [2.05, 4.69) is 53.7 Å². The molecule has 1 saturated heterocycles. The summed E-state index contributed by atoms with van der Waals surface area (Å²) in [6, 6.07) is 11.4. The molecule has 0 spiro atoms. The van der Waals surface area contributed by atoms with Gasteiger partial charge in [-0.05, 0) is 11.8 Å². The highest BCUT2D eigenvalue weighted by atomic mass is 32.2. The molecule has 0 saturated carbocycles. The molecule has 1 heterocycles. The van der Waals surface area contributed by atoms with Gasteiger partial charge in [0.1, 0.15) is 0 Å². The van der Waals surface area contributed by atoms with Crippen LogP contribution in [0, 0.1) is 0 Å². The zero-order chi connectivity index (χ0) is 12.1. The minimum Gasteiger partial charge on any atom is -0.310 e. The Hall–Kier alpha value is -0.510. The minimum atomic E-state index is 0.627. The van der Waals surface area contributed by atoms with Gasteiger partial charge in [-0.15, -0.1) is 0 Å². The lowest BCUT2D eigenvalue weighted by Crippen LogP contribution is -2.53. The van der Waals surface area contributed by atoms with E-state index in [4.69, 9.17) is 0 Å². The van der Waals surface area contributed by atoms with E-state index in [1.807, 2.05) is 11.8 Å². The Labute approximate surface area is 109 Å². The van der Waals surface area contributed by atoms with Crippen molar-refractivity contribution in [1.29, 1.82) is 0 Å². The first-order valence-electron chi connectivity index (χ1n) is 6.32. The van der Waals surface area contributed by atoms with E-state index in [1.165, 1.54) is 5.56 Å². The van der Waals surface area contributed by atoms with Crippen LogP contribution in [0.1, 0.15) is 12.5 Å². The second kappa shape index (κ2) is 6.43. The predicted octanol–water partition coefficient (Wildman–Crippen LogP) is 2.21. The number of piperazine rings is 1. The third-order valence-electron chi connectivity index (χ3n) is 3.48. The first kappa shape index (κ1) is 12.9. The van der Waals surface area contributed by atoms with Gasteiger partial charge in [0, 0.05) is 37.5 Å². The summed E-state index contributed by atoms with van der Waals surface area (Å²) in [4.78, 5) is 2.56. The fraction of sp³-hybridized carbons (Fsp3) is 0.571. The molecule has 1 aromatic carbocycles. The third kappa shape index (κ3) is 3.73. The molecule has 94 valence electrons. The highest BCUT2D eigenvalue weighted by Gasteiger charge is 2.23. The Morgan fingerprint density at radius 3 is 2.88 bits per heavy atom. The molecule has 2 atom stereocenters. The highest BCUT2D eigenvalue weighted by molar-refractivity contribution is 7.99. The lowest BCUT2D eigenvalue weighted by Gasteiger charge is -2.36. The third-order valence-corrected chi connectivity index (χ3v) is 4.55. The topological polar surface area (TPSA) is 15.3 Å². The van der Waals surface area contributed by atoms with Gasteiger partial charge in [0.05, 0.1) is 0 Å². The summed E-state index contributed by atoms with van der Waals surface area (Å²) < 4.78 is 0. The number of benzene rings is 1. The van der Waals surface area contributed by atoms with Crippen molar-refractivity contribution in [2.45, 2.75) is 24.8 Å². The van der Waals surface area contributed by atoms with Crippen molar-refractivity contribution in [3.63, 3.8) is 0 Å². The van der Waals surface area contributed by atoms with Gasteiger partial charge in [0.2, 0.25) is 0 Å². The first-order chi connectivity index (χ1) is 8.29. The van der Waals surface area contributed by atoms with Crippen molar-refractivity contribution < 1.29 is 0 Å². The van der Waals surface area contributed by atoms with Gasteiger partial charge >= 0.3 is 0 Å². The average molecular weight is 250 g/mol. The van der Waals surface area contributed by atoms with E-state index >= 15 is 0 Å². The van der Waals surface area contributed by atoms with E-state index in [0.29, 0.717) is 11.3 Å². The largest absolute Gasteiger partial charge is 0.310 e. The van der Waals surface area contributed by atoms with Crippen molar-refractivity contribution >= 4 is 11.8 Å². The minimum absolute atomic E-state index is 0.627. The van der Waals surface area contributed by atoms with Gasteiger partial charge in [0.15, 0.2) is 0 Å². The SMILES string of the molecule is CSC(C)[C@@H]1CN(Cc2ccccc2)CCN1. The molecule has 0 amide bonds. The molecule has 1 aliphatic heterocycles. The van der Waals surface area contributed by atoms with Crippen LogP contribution in [0.4, 0.5) is 0 Å². The molecule has 1 aromatic rings. The van der Waals surface area contributed by atoms with Gasteiger partial charge in [-0.25, -0.2) is 0 Å². The molecule has 0 aliphatic carbocycles. The van der Waals surface area contributed by atoms with Crippen molar-refractivity contribution in [1.82, 2.24) is 10.2 Å². The molecule has 3 heteroatoms. The van der Waals surface area contributed by atoms with Crippen molar-refractivity contribution in [3.8, 4) is 0 Å². The quantitative estimate of drug-likeness (QED) is 0.882. The molecule has 1 fully saturated rings. The van der Waals surface area contributed by atoms with Crippen LogP contribution in [0.15, 0.2) is 30.3 Å². The lowest BCUT2D eigenvalue weighted by atomic mass is 10.1. The maximum Gasteiger partial charge on any atom is 0.0311 e. The first-order valence-corrected chi connectivity index (χ1v) is 7.61. The predicted molar refractivity (Wildman–Crippen MR) is 76.5 cm³/mol. The number of rotatable bonds is 4. The van der Waals surface area contributed by atoms with Crippen molar-refractivity contribution in [2.24, 2.45) is 0 Å². The molecule has 0 bridgehead atoms. The second-order valence-corrected chi connectivity index (χ2v) is 5.94. The highest BCUT2D eigenvalue weighted by Crippen LogP contribution is 2.15. The fourth-order valence-corrected chi connectivity index (χ4v) is 2.82. The smallest absolute Gasteiger partial charge is 0.0311 e. The zero-order valence-corrected chi connectivity index (χ0v) is 11.5.